The Balaban J connectivity index is 1.37. The molecule has 0 aliphatic carbocycles. The second kappa shape index (κ2) is 7.81. The van der Waals surface area contributed by atoms with Crippen molar-refractivity contribution in [1.82, 2.24) is 24.7 Å². The van der Waals surface area contributed by atoms with Crippen LogP contribution in [0.5, 0.6) is 0 Å². The molecule has 1 N–H and O–H groups in total. The number of aliphatic imine (C=N–C) groups is 1. The van der Waals surface area contributed by atoms with Crippen LogP contribution in [0.4, 0.5) is 5.69 Å². The van der Waals surface area contributed by atoms with E-state index in [9.17, 15) is 9.59 Å². The molecule has 6 heterocycles. The van der Waals surface area contributed by atoms with Crippen molar-refractivity contribution in [1.29, 1.82) is 0 Å². The van der Waals surface area contributed by atoms with Gasteiger partial charge in [-0.3, -0.25) is 29.3 Å². The fourth-order valence-corrected chi connectivity index (χ4v) is 5.30. The van der Waals surface area contributed by atoms with Crippen LogP contribution in [0.2, 0.25) is 0 Å². The molecule has 3 aliphatic heterocycles. The van der Waals surface area contributed by atoms with Crippen molar-refractivity contribution >= 4 is 34.6 Å². The van der Waals surface area contributed by atoms with Gasteiger partial charge in [-0.05, 0) is 30.2 Å². The van der Waals surface area contributed by atoms with Crippen molar-refractivity contribution in [2.75, 3.05) is 4.90 Å². The van der Waals surface area contributed by atoms with Gasteiger partial charge in [-0.2, -0.15) is 0 Å². The zero-order valence-electron chi connectivity index (χ0n) is 19.0. The number of anilines is 1. The van der Waals surface area contributed by atoms with E-state index in [-0.39, 0.29) is 17.2 Å². The number of para-hydroxylation sites is 1. The standard InChI is InChI=1S/C27H19N7O2/c35-25-21(20-15-31-27-30-9-4-11-34(20)27)22(26(36)32-25)23-19-7-3-5-16-13-18(14-17-6-1-2-8-28-17)33(24(16)19)12-10-29-23/h1-12,15,18H,13-14H2,(H,32,35,36). The molecule has 0 saturated heterocycles. The van der Waals surface area contributed by atoms with Crippen molar-refractivity contribution in [3.8, 4) is 0 Å². The summed E-state index contributed by atoms with van der Waals surface area (Å²) in [5.41, 5.74) is 5.42. The van der Waals surface area contributed by atoms with Gasteiger partial charge in [-0.1, -0.05) is 24.3 Å². The first kappa shape index (κ1) is 20.5. The van der Waals surface area contributed by atoms with E-state index in [1.54, 1.807) is 35.3 Å². The van der Waals surface area contributed by atoms with E-state index in [0.29, 0.717) is 17.2 Å². The normalized spacial score (nSPS) is 18.5. The molecule has 1 unspecified atom stereocenters. The summed E-state index contributed by atoms with van der Waals surface area (Å²) in [6.45, 7) is 0. The molecular formula is C27H19N7O2. The molecule has 174 valence electrons. The van der Waals surface area contributed by atoms with Crippen LogP contribution >= 0.6 is 0 Å². The molecule has 2 amide bonds. The Morgan fingerprint density at radius 2 is 1.83 bits per heavy atom. The number of imide groups is 1. The Morgan fingerprint density at radius 1 is 0.944 bits per heavy atom. The summed E-state index contributed by atoms with van der Waals surface area (Å²) in [6, 6.07) is 13.9. The molecule has 9 nitrogen and oxygen atoms in total. The summed E-state index contributed by atoms with van der Waals surface area (Å²) < 4.78 is 1.70. The lowest BCUT2D eigenvalue weighted by Gasteiger charge is -2.24. The van der Waals surface area contributed by atoms with Crippen LogP contribution in [-0.2, 0) is 22.4 Å². The molecule has 0 fully saturated rings. The largest absolute Gasteiger partial charge is 0.342 e. The van der Waals surface area contributed by atoms with Crippen LogP contribution in [0, 0.1) is 0 Å². The van der Waals surface area contributed by atoms with Gasteiger partial charge in [0, 0.05) is 54.7 Å². The summed E-state index contributed by atoms with van der Waals surface area (Å²) >= 11 is 0. The lowest BCUT2D eigenvalue weighted by Crippen LogP contribution is -2.30. The lowest BCUT2D eigenvalue weighted by atomic mass is 9.94. The number of fused-ring (bicyclic) bond motifs is 1. The van der Waals surface area contributed by atoms with E-state index in [0.717, 1.165) is 29.8 Å². The third kappa shape index (κ3) is 3.02. The molecule has 0 spiro atoms. The second-order valence-electron chi connectivity index (χ2n) is 8.85. The topological polar surface area (TPSA) is 105 Å². The molecule has 1 aromatic carbocycles. The SMILES string of the molecule is O=C1NC(=O)C(c2cnc3ncccn23)=C1C1=NC=CN2c3c(cccc31)CC2Cc1ccccn1. The average molecular weight is 473 g/mol. The Hall–Kier alpha value is -4.92. The summed E-state index contributed by atoms with van der Waals surface area (Å²) in [5, 5.41) is 2.46. The Kier molecular flexibility index (Phi) is 4.44. The van der Waals surface area contributed by atoms with E-state index < -0.39 is 11.8 Å². The molecule has 3 aromatic heterocycles. The molecular weight excluding hydrogens is 454 g/mol. The Bertz CT molecular complexity index is 1670. The maximum Gasteiger partial charge on any atom is 0.261 e. The monoisotopic (exact) mass is 473 g/mol. The highest BCUT2D eigenvalue weighted by molar-refractivity contribution is 6.47. The highest BCUT2D eigenvalue weighted by atomic mass is 16.2. The van der Waals surface area contributed by atoms with Crippen molar-refractivity contribution < 1.29 is 9.59 Å². The fourth-order valence-electron chi connectivity index (χ4n) is 5.30. The van der Waals surface area contributed by atoms with Gasteiger partial charge in [0.25, 0.3) is 11.8 Å². The molecule has 0 radical (unpaired) electrons. The fraction of sp³-hybridized carbons (Fsp3) is 0.111. The van der Waals surface area contributed by atoms with Gasteiger partial charge >= 0.3 is 0 Å². The number of pyridine rings is 1. The number of nitrogens with zero attached hydrogens (tertiary/aromatic N) is 6. The smallest absolute Gasteiger partial charge is 0.261 e. The van der Waals surface area contributed by atoms with Gasteiger partial charge in [-0.15, -0.1) is 0 Å². The number of aromatic nitrogens is 4. The van der Waals surface area contributed by atoms with Gasteiger partial charge in [0.15, 0.2) is 0 Å². The first-order valence-electron chi connectivity index (χ1n) is 11.6. The van der Waals surface area contributed by atoms with Crippen LogP contribution in [0.15, 0.2) is 90.2 Å². The van der Waals surface area contributed by atoms with E-state index in [4.69, 9.17) is 4.99 Å². The number of imidazole rings is 1. The Morgan fingerprint density at radius 3 is 2.72 bits per heavy atom. The molecule has 4 aromatic rings. The highest BCUT2D eigenvalue weighted by Crippen LogP contribution is 2.40. The molecule has 36 heavy (non-hydrogen) atoms. The van der Waals surface area contributed by atoms with Gasteiger partial charge < -0.3 is 4.90 Å². The summed E-state index contributed by atoms with van der Waals surface area (Å²) in [4.78, 5) is 46.2. The molecule has 9 heteroatoms. The van der Waals surface area contributed by atoms with E-state index >= 15 is 0 Å². The molecule has 3 aliphatic rings. The van der Waals surface area contributed by atoms with Crippen molar-refractivity contribution in [3.05, 3.63) is 108 Å². The Labute approximate surface area is 205 Å². The number of benzene rings is 1. The first-order valence-corrected chi connectivity index (χ1v) is 11.6. The molecule has 0 saturated carbocycles. The number of carbonyl (C=O) groups excluding carboxylic acids is 2. The molecule has 0 bridgehead atoms. The summed E-state index contributed by atoms with van der Waals surface area (Å²) in [6.07, 6.45) is 12.0. The highest BCUT2D eigenvalue weighted by Gasteiger charge is 2.39. The minimum atomic E-state index is -0.478. The minimum Gasteiger partial charge on any atom is -0.342 e. The predicted octanol–water partition coefficient (Wildman–Crippen LogP) is 2.48. The van der Waals surface area contributed by atoms with Crippen molar-refractivity contribution in [3.63, 3.8) is 0 Å². The van der Waals surface area contributed by atoms with Crippen LogP contribution in [0.1, 0.15) is 22.5 Å². The quantitative estimate of drug-likeness (QED) is 0.457. The molecule has 7 rings (SSSR count). The maximum atomic E-state index is 13.2. The minimum absolute atomic E-state index is 0.166. The summed E-state index contributed by atoms with van der Waals surface area (Å²) in [5.74, 6) is -0.512. The predicted molar refractivity (Wildman–Crippen MR) is 133 cm³/mol. The second-order valence-corrected chi connectivity index (χ2v) is 8.85. The number of carbonyl (C=O) groups is 2. The van der Waals surface area contributed by atoms with Crippen LogP contribution in [0.3, 0.4) is 0 Å². The third-order valence-electron chi connectivity index (χ3n) is 6.80. The lowest BCUT2D eigenvalue weighted by molar-refractivity contribution is -0.123. The van der Waals surface area contributed by atoms with E-state index in [1.807, 2.05) is 42.7 Å². The van der Waals surface area contributed by atoms with Gasteiger partial charge in [0.2, 0.25) is 5.78 Å². The van der Waals surface area contributed by atoms with E-state index in [2.05, 4.69) is 31.2 Å². The van der Waals surface area contributed by atoms with E-state index in [1.165, 1.54) is 5.56 Å². The van der Waals surface area contributed by atoms with Crippen LogP contribution in [0.25, 0.3) is 11.4 Å². The number of amides is 2. The average Bonchev–Trinajstić information content (AvgIpc) is 3.50. The van der Waals surface area contributed by atoms with Crippen molar-refractivity contribution in [2.45, 2.75) is 18.9 Å². The first-order chi connectivity index (χ1) is 17.7. The van der Waals surface area contributed by atoms with Gasteiger partial charge in [0.05, 0.1) is 34.4 Å². The zero-order valence-corrected chi connectivity index (χ0v) is 19.0. The van der Waals surface area contributed by atoms with Gasteiger partial charge in [0.1, 0.15) is 0 Å². The number of hydrogen-bond acceptors (Lipinski definition) is 7. The number of nitrogens with one attached hydrogen (secondary N) is 1. The van der Waals surface area contributed by atoms with Crippen molar-refractivity contribution in [2.24, 2.45) is 4.99 Å². The van der Waals surface area contributed by atoms with Crippen LogP contribution in [-0.4, -0.2) is 42.9 Å². The third-order valence-corrected chi connectivity index (χ3v) is 6.80. The summed E-state index contributed by atoms with van der Waals surface area (Å²) in [7, 11) is 0. The van der Waals surface area contributed by atoms with Crippen LogP contribution < -0.4 is 10.2 Å². The van der Waals surface area contributed by atoms with Gasteiger partial charge in [-0.25, -0.2) is 9.97 Å². The molecule has 1 atom stereocenters. The zero-order chi connectivity index (χ0) is 24.2. The number of rotatable bonds is 4. The number of hydrogen-bond donors (Lipinski definition) is 1. The maximum absolute atomic E-state index is 13.2.